The predicted molar refractivity (Wildman–Crippen MR) is 68.5 cm³/mol. The molecule has 0 fully saturated rings. The van der Waals surface area contributed by atoms with Crippen LogP contribution in [0.1, 0.15) is 18.5 Å². The summed E-state index contributed by atoms with van der Waals surface area (Å²) < 4.78 is 4.20. The van der Waals surface area contributed by atoms with Crippen LogP contribution in [0.5, 0.6) is 0 Å². The van der Waals surface area contributed by atoms with Crippen molar-refractivity contribution in [2.45, 2.75) is 13.0 Å². The number of benzene rings is 1. The molecule has 1 heterocycles. The Morgan fingerprint density at radius 3 is 2.25 bits per heavy atom. The number of halogens is 1. The Labute approximate surface area is 102 Å². The molecule has 1 aromatic heterocycles. The first-order valence-electron chi connectivity index (χ1n) is 5.04. The molecule has 0 radical (unpaired) electrons. The number of fused-ring (bicyclic) bond motifs is 1. The van der Waals surface area contributed by atoms with Crippen molar-refractivity contribution < 1.29 is 0 Å². The highest BCUT2D eigenvalue weighted by Gasteiger charge is 2.12. The lowest BCUT2D eigenvalue weighted by atomic mass is 10.1. The number of nitrogens with zero attached hydrogens (tertiary/aromatic N) is 2. The Hall–Kier alpha value is -1.07. The minimum atomic E-state index is -0.0610. The van der Waals surface area contributed by atoms with Gasteiger partial charge in [0.1, 0.15) is 0 Å². The molecule has 86 valence electrons. The second kappa shape index (κ2) is 3.75. The van der Waals surface area contributed by atoms with E-state index in [9.17, 15) is 4.79 Å². The fourth-order valence-electron chi connectivity index (χ4n) is 1.88. The van der Waals surface area contributed by atoms with E-state index in [0.717, 1.165) is 21.1 Å². The van der Waals surface area contributed by atoms with Gasteiger partial charge in [0.25, 0.3) is 0 Å². The third-order valence-electron chi connectivity index (χ3n) is 2.88. The zero-order valence-electron chi connectivity index (χ0n) is 9.49. The smallest absolute Gasteiger partial charge is 0.324 e. The van der Waals surface area contributed by atoms with E-state index in [2.05, 4.69) is 15.9 Å². The zero-order chi connectivity index (χ0) is 12.0. The van der Waals surface area contributed by atoms with Crippen LogP contribution in [0.3, 0.4) is 0 Å². The molecule has 0 aliphatic heterocycles. The van der Waals surface area contributed by atoms with E-state index < -0.39 is 0 Å². The van der Waals surface area contributed by atoms with Crippen molar-refractivity contribution in [3.8, 4) is 0 Å². The van der Waals surface area contributed by atoms with E-state index >= 15 is 0 Å². The number of hydrogen-bond donors (Lipinski definition) is 1. The first kappa shape index (κ1) is 11.4. The molecule has 2 rings (SSSR count). The monoisotopic (exact) mass is 283 g/mol. The van der Waals surface area contributed by atoms with Crippen LogP contribution in [0, 0.1) is 0 Å². The van der Waals surface area contributed by atoms with Gasteiger partial charge in [0, 0.05) is 24.6 Å². The van der Waals surface area contributed by atoms with Crippen LogP contribution in [0.15, 0.2) is 21.4 Å². The van der Waals surface area contributed by atoms with E-state index in [0.29, 0.717) is 0 Å². The molecule has 0 spiro atoms. The average Bonchev–Trinajstić information content (AvgIpc) is 2.43. The van der Waals surface area contributed by atoms with Gasteiger partial charge in [-0.25, -0.2) is 4.79 Å². The summed E-state index contributed by atoms with van der Waals surface area (Å²) in [5, 5.41) is 0. The van der Waals surface area contributed by atoms with Gasteiger partial charge >= 0.3 is 5.69 Å². The molecule has 0 aliphatic rings. The van der Waals surface area contributed by atoms with Crippen molar-refractivity contribution in [2.75, 3.05) is 0 Å². The highest BCUT2D eigenvalue weighted by Crippen LogP contribution is 2.27. The molecule has 0 saturated carbocycles. The Morgan fingerprint density at radius 1 is 1.25 bits per heavy atom. The van der Waals surface area contributed by atoms with Gasteiger partial charge in [-0.15, -0.1) is 0 Å². The van der Waals surface area contributed by atoms with Crippen LogP contribution < -0.4 is 11.4 Å². The molecule has 0 amide bonds. The summed E-state index contributed by atoms with van der Waals surface area (Å²) in [5.41, 5.74) is 8.67. The van der Waals surface area contributed by atoms with Crippen LogP contribution in [-0.2, 0) is 14.1 Å². The number of rotatable bonds is 1. The van der Waals surface area contributed by atoms with Gasteiger partial charge < -0.3 is 5.73 Å². The minimum absolute atomic E-state index is 0.0243. The summed E-state index contributed by atoms with van der Waals surface area (Å²) in [4.78, 5) is 11.8. The van der Waals surface area contributed by atoms with Crippen molar-refractivity contribution in [3.05, 3.63) is 32.7 Å². The lowest BCUT2D eigenvalue weighted by molar-refractivity contribution is 0.794. The van der Waals surface area contributed by atoms with Crippen LogP contribution >= 0.6 is 15.9 Å². The van der Waals surface area contributed by atoms with Crippen LogP contribution in [0.2, 0.25) is 0 Å². The second-order valence-corrected chi connectivity index (χ2v) is 4.91. The summed E-state index contributed by atoms with van der Waals surface area (Å²) >= 11 is 3.48. The van der Waals surface area contributed by atoms with Gasteiger partial charge in [0.05, 0.1) is 11.0 Å². The zero-order valence-corrected chi connectivity index (χ0v) is 11.1. The maximum absolute atomic E-state index is 11.8. The quantitative estimate of drug-likeness (QED) is 0.866. The SMILES string of the molecule is C[C@@H](N)c1cc2c(cc1Br)n(C)c(=O)n2C. The summed E-state index contributed by atoms with van der Waals surface area (Å²) in [6.45, 7) is 1.92. The van der Waals surface area contributed by atoms with Crippen molar-refractivity contribution in [1.29, 1.82) is 0 Å². The van der Waals surface area contributed by atoms with Crippen molar-refractivity contribution in [3.63, 3.8) is 0 Å². The molecule has 16 heavy (non-hydrogen) atoms. The van der Waals surface area contributed by atoms with E-state index in [4.69, 9.17) is 5.73 Å². The van der Waals surface area contributed by atoms with Crippen molar-refractivity contribution in [1.82, 2.24) is 9.13 Å². The van der Waals surface area contributed by atoms with Crippen molar-refractivity contribution in [2.24, 2.45) is 19.8 Å². The van der Waals surface area contributed by atoms with E-state index in [1.807, 2.05) is 19.1 Å². The van der Waals surface area contributed by atoms with E-state index in [-0.39, 0.29) is 11.7 Å². The third kappa shape index (κ3) is 1.51. The number of hydrogen-bond acceptors (Lipinski definition) is 2. The minimum Gasteiger partial charge on any atom is -0.324 e. The Bertz CT molecular complexity index is 610. The fraction of sp³-hybridized carbons (Fsp3) is 0.364. The Kier molecular flexibility index (Phi) is 2.67. The van der Waals surface area contributed by atoms with Gasteiger partial charge in [0.2, 0.25) is 0 Å². The molecular weight excluding hydrogens is 270 g/mol. The van der Waals surface area contributed by atoms with E-state index in [1.165, 1.54) is 0 Å². The summed E-state index contributed by atoms with van der Waals surface area (Å²) in [5.74, 6) is 0. The van der Waals surface area contributed by atoms with Crippen LogP contribution in [0.4, 0.5) is 0 Å². The molecule has 2 aromatic rings. The van der Waals surface area contributed by atoms with Crippen LogP contribution in [0.25, 0.3) is 11.0 Å². The van der Waals surface area contributed by atoms with Crippen molar-refractivity contribution >= 4 is 27.0 Å². The topological polar surface area (TPSA) is 52.9 Å². The normalized spacial score (nSPS) is 13.3. The molecule has 5 heteroatoms. The number of imidazole rings is 1. The molecular formula is C11H14BrN3O. The lowest BCUT2D eigenvalue weighted by Gasteiger charge is -2.09. The van der Waals surface area contributed by atoms with Gasteiger partial charge in [-0.3, -0.25) is 9.13 Å². The maximum atomic E-state index is 11.8. The molecule has 0 unspecified atom stereocenters. The molecule has 0 bridgehead atoms. The fourth-order valence-corrected chi connectivity index (χ4v) is 2.58. The first-order chi connectivity index (χ1) is 7.43. The number of nitrogens with two attached hydrogens (primary N) is 1. The standard InChI is InChI=1S/C11H14BrN3O/c1-6(13)7-4-9-10(5-8(7)12)15(3)11(16)14(9)2/h4-6H,13H2,1-3H3/t6-/m1/s1. The van der Waals surface area contributed by atoms with Gasteiger partial charge in [-0.2, -0.15) is 0 Å². The molecule has 2 N–H and O–H groups in total. The molecule has 0 aliphatic carbocycles. The molecule has 0 saturated heterocycles. The molecule has 1 aromatic carbocycles. The summed E-state index contributed by atoms with van der Waals surface area (Å²) in [7, 11) is 3.53. The first-order valence-corrected chi connectivity index (χ1v) is 5.83. The maximum Gasteiger partial charge on any atom is 0.328 e. The predicted octanol–water partition coefficient (Wildman–Crippen LogP) is 1.66. The molecule has 4 nitrogen and oxygen atoms in total. The van der Waals surface area contributed by atoms with Crippen LogP contribution in [-0.4, -0.2) is 9.13 Å². The largest absolute Gasteiger partial charge is 0.328 e. The second-order valence-electron chi connectivity index (χ2n) is 4.05. The number of aryl methyl sites for hydroxylation is 2. The van der Waals surface area contributed by atoms with Gasteiger partial charge in [-0.1, -0.05) is 15.9 Å². The average molecular weight is 284 g/mol. The van der Waals surface area contributed by atoms with Gasteiger partial charge in [0.15, 0.2) is 0 Å². The number of aromatic nitrogens is 2. The van der Waals surface area contributed by atoms with Gasteiger partial charge in [-0.05, 0) is 24.6 Å². The van der Waals surface area contributed by atoms with E-state index in [1.54, 1.807) is 23.2 Å². The molecule has 1 atom stereocenters. The highest BCUT2D eigenvalue weighted by molar-refractivity contribution is 9.10. The summed E-state index contributed by atoms with van der Waals surface area (Å²) in [6.07, 6.45) is 0. The highest BCUT2D eigenvalue weighted by atomic mass is 79.9. The Morgan fingerprint density at radius 2 is 1.75 bits per heavy atom. The third-order valence-corrected chi connectivity index (χ3v) is 3.57. The Balaban J connectivity index is 2.90. The summed E-state index contributed by atoms with van der Waals surface area (Å²) in [6, 6.07) is 3.84. The lowest BCUT2D eigenvalue weighted by Crippen LogP contribution is -2.19.